The minimum absolute atomic E-state index is 0.526. The van der Waals surface area contributed by atoms with E-state index in [2.05, 4.69) is 15.3 Å². The second kappa shape index (κ2) is 5.53. The summed E-state index contributed by atoms with van der Waals surface area (Å²) in [6.07, 6.45) is 2.00. The number of aromatic nitrogens is 2. The third-order valence-electron chi connectivity index (χ3n) is 2.45. The van der Waals surface area contributed by atoms with Crippen LogP contribution in [0, 0.1) is 18.6 Å². The van der Waals surface area contributed by atoms with E-state index in [1.54, 1.807) is 0 Å². The number of rotatable bonds is 4. The average molecular weight is 249 g/mol. The van der Waals surface area contributed by atoms with Crippen LogP contribution in [0.25, 0.3) is 0 Å². The summed E-state index contributed by atoms with van der Waals surface area (Å²) in [5.41, 5.74) is 1.48. The lowest BCUT2D eigenvalue weighted by Gasteiger charge is -2.06. The second-order valence-electron chi connectivity index (χ2n) is 4.00. The summed E-state index contributed by atoms with van der Waals surface area (Å²) in [4.78, 5) is 8.01. The smallest absolute Gasteiger partial charge is 0.129 e. The predicted molar refractivity (Wildman–Crippen MR) is 65.3 cm³/mol. The van der Waals surface area contributed by atoms with E-state index < -0.39 is 11.6 Å². The fraction of sp³-hybridized carbons (Fsp3) is 0.231. The summed E-state index contributed by atoms with van der Waals surface area (Å²) in [5.74, 6) is -0.398. The Morgan fingerprint density at radius 2 is 1.78 bits per heavy atom. The standard InChI is InChI=1S/C13H13F2N3/c1-9-4-13(18-8-17-9)16-3-2-10-5-11(14)7-12(15)6-10/h4-8H,2-3H2,1H3,(H,16,17,18). The first-order valence-electron chi connectivity index (χ1n) is 5.61. The minimum Gasteiger partial charge on any atom is -0.370 e. The molecule has 0 saturated heterocycles. The molecule has 94 valence electrons. The summed E-state index contributed by atoms with van der Waals surface area (Å²) in [5, 5.41) is 3.08. The molecule has 0 amide bonds. The van der Waals surface area contributed by atoms with Gasteiger partial charge < -0.3 is 5.32 Å². The van der Waals surface area contributed by atoms with Gasteiger partial charge >= 0.3 is 0 Å². The zero-order valence-electron chi connectivity index (χ0n) is 9.95. The van der Waals surface area contributed by atoms with Crippen LogP contribution in [-0.2, 0) is 6.42 Å². The van der Waals surface area contributed by atoms with Crippen LogP contribution in [0.1, 0.15) is 11.3 Å². The molecule has 0 unspecified atom stereocenters. The van der Waals surface area contributed by atoms with Crippen molar-refractivity contribution in [3.05, 3.63) is 53.5 Å². The molecule has 0 atom stereocenters. The van der Waals surface area contributed by atoms with Crippen molar-refractivity contribution in [2.24, 2.45) is 0 Å². The summed E-state index contributed by atoms with van der Waals surface area (Å²) < 4.78 is 25.9. The molecule has 0 spiro atoms. The molecule has 0 fully saturated rings. The molecule has 1 aromatic heterocycles. The fourth-order valence-electron chi connectivity index (χ4n) is 1.64. The van der Waals surface area contributed by atoms with Gasteiger partial charge in [-0.2, -0.15) is 0 Å². The van der Waals surface area contributed by atoms with Crippen molar-refractivity contribution in [3.8, 4) is 0 Å². The Kier molecular flexibility index (Phi) is 3.82. The molecule has 0 aliphatic heterocycles. The van der Waals surface area contributed by atoms with E-state index in [9.17, 15) is 8.78 Å². The summed E-state index contributed by atoms with van der Waals surface area (Å²) in [6.45, 7) is 2.42. The molecule has 0 radical (unpaired) electrons. The lowest BCUT2D eigenvalue weighted by molar-refractivity contribution is 0.580. The summed E-state index contributed by atoms with van der Waals surface area (Å²) in [7, 11) is 0. The maximum absolute atomic E-state index is 13.0. The van der Waals surface area contributed by atoms with Crippen LogP contribution >= 0.6 is 0 Å². The second-order valence-corrected chi connectivity index (χ2v) is 4.00. The highest BCUT2D eigenvalue weighted by Gasteiger charge is 2.01. The topological polar surface area (TPSA) is 37.8 Å². The quantitative estimate of drug-likeness (QED) is 0.905. The van der Waals surface area contributed by atoms with E-state index in [4.69, 9.17) is 0 Å². The van der Waals surface area contributed by atoms with Crippen LogP contribution in [-0.4, -0.2) is 16.5 Å². The van der Waals surface area contributed by atoms with Crippen molar-refractivity contribution >= 4 is 5.82 Å². The highest BCUT2D eigenvalue weighted by Crippen LogP contribution is 2.09. The lowest BCUT2D eigenvalue weighted by Crippen LogP contribution is -2.07. The molecule has 18 heavy (non-hydrogen) atoms. The largest absolute Gasteiger partial charge is 0.370 e. The lowest BCUT2D eigenvalue weighted by atomic mass is 10.1. The fourth-order valence-corrected chi connectivity index (χ4v) is 1.64. The number of aryl methyl sites for hydroxylation is 1. The molecule has 2 aromatic rings. The highest BCUT2D eigenvalue weighted by molar-refractivity contribution is 5.34. The molecule has 3 nitrogen and oxygen atoms in total. The van der Waals surface area contributed by atoms with Crippen molar-refractivity contribution in [2.45, 2.75) is 13.3 Å². The molecule has 1 N–H and O–H groups in total. The third kappa shape index (κ3) is 3.48. The summed E-state index contributed by atoms with van der Waals surface area (Å²) in [6, 6.07) is 5.34. The number of nitrogens with one attached hydrogen (secondary N) is 1. The maximum Gasteiger partial charge on any atom is 0.129 e. The Morgan fingerprint density at radius 3 is 2.44 bits per heavy atom. The van der Waals surface area contributed by atoms with Gasteiger partial charge in [-0.25, -0.2) is 18.7 Å². The van der Waals surface area contributed by atoms with Crippen LogP contribution in [0.3, 0.4) is 0 Å². The van der Waals surface area contributed by atoms with E-state index in [1.807, 2.05) is 13.0 Å². The van der Waals surface area contributed by atoms with Crippen molar-refractivity contribution in [1.82, 2.24) is 9.97 Å². The molecule has 0 aliphatic rings. The molecule has 0 aliphatic carbocycles. The predicted octanol–water partition coefficient (Wildman–Crippen LogP) is 2.72. The molecule has 1 heterocycles. The molecule has 5 heteroatoms. The SMILES string of the molecule is Cc1cc(NCCc2cc(F)cc(F)c2)ncn1. The van der Waals surface area contributed by atoms with E-state index in [-0.39, 0.29) is 0 Å². The normalized spacial score (nSPS) is 10.4. The number of nitrogens with zero attached hydrogens (tertiary/aromatic N) is 2. The number of hydrogen-bond acceptors (Lipinski definition) is 3. The molecule has 0 saturated carbocycles. The van der Waals surface area contributed by atoms with Crippen LogP contribution in [0.4, 0.5) is 14.6 Å². The van der Waals surface area contributed by atoms with E-state index in [1.165, 1.54) is 18.5 Å². The van der Waals surface area contributed by atoms with E-state index >= 15 is 0 Å². The Labute approximate surface area is 104 Å². The van der Waals surface area contributed by atoms with E-state index in [0.717, 1.165) is 11.8 Å². The highest BCUT2D eigenvalue weighted by atomic mass is 19.1. The van der Waals surface area contributed by atoms with Crippen LogP contribution in [0.2, 0.25) is 0 Å². The number of benzene rings is 1. The Balaban J connectivity index is 1.92. The Morgan fingerprint density at radius 1 is 1.06 bits per heavy atom. The zero-order chi connectivity index (χ0) is 13.0. The van der Waals surface area contributed by atoms with Gasteiger partial charge in [0.15, 0.2) is 0 Å². The zero-order valence-corrected chi connectivity index (χ0v) is 9.95. The van der Waals surface area contributed by atoms with Crippen LogP contribution in [0.15, 0.2) is 30.6 Å². The Hall–Kier alpha value is -2.04. The Bertz CT molecular complexity index is 523. The van der Waals surface area contributed by atoms with Gasteiger partial charge in [-0.1, -0.05) is 0 Å². The van der Waals surface area contributed by atoms with Gasteiger partial charge in [0.1, 0.15) is 23.8 Å². The van der Waals surface area contributed by atoms with Gasteiger partial charge in [0, 0.05) is 24.4 Å². The minimum atomic E-state index is -0.553. The van der Waals surface area contributed by atoms with Gasteiger partial charge in [0.2, 0.25) is 0 Å². The van der Waals surface area contributed by atoms with Gasteiger partial charge in [-0.05, 0) is 31.0 Å². The van der Waals surface area contributed by atoms with Crippen LogP contribution in [0.5, 0.6) is 0 Å². The monoisotopic (exact) mass is 249 g/mol. The van der Waals surface area contributed by atoms with Crippen molar-refractivity contribution in [1.29, 1.82) is 0 Å². The molecule has 0 bridgehead atoms. The van der Waals surface area contributed by atoms with Crippen molar-refractivity contribution in [3.63, 3.8) is 0 Å². The molecule has 1 aromatic carbocycles. The van der Waals surface area contributed by atoms with Gasteiger partial charge in [0.05, 0.1) is 0 Å². The number of hydrogen-bond donors (Lipinski definition) is 1. The van der Waals surface area contributed by atoms with Gasteiger partial charge in [-0.15, -0.1) is 0 Å². The number of halogens is 2. The number of anilines is 1. The van der Waals surface area contributed by atoms with Crippen LogP contribution < -0.4 is 5.32 Å². The van der Waals surface area contributed by atoms with Gasteiger partial charge in [0.25, 0.3) is 0 Å². The van der Waals surface area contributed by atoms with E-state index in [0.29, 0.717) is 24.3 Å². The first-order chi connectivity index (χ1) is 8.63. The maximum atomic E-state index is 13.0. The van der Waals surface area contributed by atoms with Crippen molar-refractivity contribution < 1.29 is 8.78 Å². The van der Waals surface area contributed by atoms with Gasteiger partial charge in [-0.3, -0.25) is 0 Å². The molecular weight excluding hydrogens is 236 g/mol. The average Bonchev–Trinajstić information content (AvgIpc) is 2.27. The molecular formula is C13H13F2N3. The summed E-state index contributed by atoms with van der Waals surface area (Å²) >= 11 is 0. The first kappa shape index (κ1) is 12.4. The molecule has 2 rings (SSSR count). The third-order valence-corrected chi connectivity index (χ3v) is 2.45. The first-order valence-corrected chi connectivity index (χ1v) is 5.61. The van der Waals surface area contributed by atoms with Crippen molar-refractivity contribution in [2.75, 3.05) is 11.9 Å².